The molecule has 2 aliphatic heterocycles. The molecule has 2 bridgehead atoms. The Labute approximate surface area is 192 Å². The third-order valence-corrected chi connectivity index (χ3v) is 7.55. The van der Waals surface area contributed by atoms with Crippen LogP contribution in [0.4, 0.5) is 0 Å². The van der Waals surface area contributed by atoms with E-state index < -0.39 is 10.0 Å². The van der Waals surface area contributed by atoms with E-state index in [2.05, 4.69) is 19.7 Å². The molecule has 0 radical (unpaired) electrons. The fourth-order valence-electron chi connectivity index (χ4n) is 4.57. The van der Waals surface area contributed by atoms with E-state index in [1.165, 1.54) is 24.3 Å². The summed E-state index contributed by atoms with van der Waals surface area (Å²) in [6.45, 7) is 4.75. The maximum absolute atomic E-state index is 12.5. The second kappa shape index (κ2) is 9.21. The molecule has 3 aromatic rings. The molecule has 2 aromatic carbocycles. The summed E-state index contributed by atoms with van der Waals surface area (Å²) in [6, 6.07) is 15.8. The monoisotopic (exact) mass is 467 g/mol. The number of ether oxygens (including phenoxy) is 1. The normalized spacial score (nSPS) is 21.8. The number of nitrogens with one attached hydrogen (secondary N) is 1. The number of sulfonamides is 1. The maximum atomic E-state index is 12.5. The third-order valence-electron chi connectivity index (χ3n) is 6.07. The first kappa shape index (κ1) is 22.0. The van der Waals surface area contributed by atoms with Gasteiger partial charge in [-0.15, -0.1) is 0 Å². The van der Waals surface area contributed by atoms with E-state index in [0.717, 1.165) is 49.4 Å². The van der Waals surface area contributed by atoms with Gasteiger partial charge in [0.1, 0.15) is 5.69 Å². The van der Waals surface area contributed by atoms with E-state index in [0.29, 0.717) is 18.7 Å². The lowest BCUT2D eigenvalue weighted by Crippen LogP contribution is -2.59. The van der Waals surface area contributed by atoms with E-state index in [9.17, 15) is 8.42 Å². The minimum atomic E-state index is -3.60. The van der Waals surface area contributed by atoms with Gasteiger partial charge in [-0.3, -0.25) is 9.80 Å². The van der Waals surface area contributed by atoms with Crippen LogP contribution >= 0.6 is 0 Å². The van der Waals surface area contributed by atoms with E-state index in [1.807, 2.05) is 30.3 Å². The van der Waals surface area contributed by atoms with Crippen molar-refractivity contribution in [3.05, 3.63) is 59.8 Å². The molecular weight excluding hydrogens is 442 g/mol. The average Bonchev–Trinajstić information content (AvgIpc) is 3.21. The summed E-state index contributed by atoms with van der Waals surface area (Å²) < 4.78 is 39.2. The third kappa shape index (κ3) is 4.93. The number of benzene rings is 2. The van der Waals surface area contributed by atoms with Crippen molar-refractivity contribution in [2.75, 3.05) is 39.3 Å². The van der Waals surface area contributed by atoms with Crippen LogP contribution < -0.4 is 4.72 Å². The van der Waals surface area contributed by atoms with E-state index in [1.54, 1.807) is 0 Å². The predicted octanol–water partition coefficient (Wildman–Crippen LogP) is 1.56. The number of aromatic nitrogens is 1. The second-order valence-corrected chi connectivity index (χ2v) is 10.3. The fourth-order valence-corrected chi connectivity index (χ4v) is 5.59. The molecule has 10 heteroatoms. The lowest BCUT2D eigenvalue weighted by molar-refractivity contribution is -0.139. The molecule has 9 nitrogen and oxygen atoms in total. The van der Waals surface area contributed by atoms with Crippen LogP contribution in [0.15, 0.2) is 57.9 Å². The Morgan fingerprint density at radius 3 is 2.45 bits per heavy atom. The van der Waals surface area contributed by atoms with Crippen LogP contribution in [0.3, 0.4) is 0 Å². The minimum Gasteiger partial charge on any atom is -0.370 e. The van der Waals surface area contributed by atoms with Crippen LogP contribution in [0.1, 0.15) is 11.3 Å². The van der Waals surface area contributed by atoms with Crippen molar-refractivity contribution in [1.82, 2.24) is 19.7 Å². The summed E-state index contributed by atoms with van der Waals surface area (Å²) >= 11 is 0. The predicted molar refractivity (Wildman–Crippen MR) is 121 cm³/mol. The van der Waals surface area contributed by atoms with Crippen LogP contribution in [-0.2, 0) is 21.3 Å². The number of hydrogen-bond donors (Lipinski definition) is 1. The molecule has 33 heavy (non-hydrogen) atoms. The highest BCUT2D eigenvalue weighted by Gasteiger charge is 2.35. The average molecular weight is 468 g/mol. The first-order valence-electron chi connectivity index (χ1n) is 10.9. The molecule has 1 aromatic heterocycles. The molecule has 172 valence electrons. The van der Waals surface area contributed by atoms with Gasteiger partial charge in [-0.25, -0.2) is 13.1 Å². The Balaban J connectivity index is 1.13. The second-order valence-electron chi connectivity index (χ2n) is 8.49. The first-order valence-corrected chi connectivity index (χ1v) is 12.4. The van der Waals surface area contributed by atoms with Gasteiger partial charge in [0.2, 0.25) is 10.0 Å². The zero-order valence-corrected chi connectivity index (χ0v) is 18.9. The number of hydrogen-bond acceptors (Lipinski definition) is 8. The van der Waals surface area contributed by atoms with Crippen LogP contribution in [-0.4, -0.2) is 74.9 Å². The first-order chi connectivity index (χ1) is 16.0. The summed E-state index contributed by atoms with van der Waals surface area (Å²) in [5, 5.41) is 14.2. The molecule has 2 aliphatic rings. The van der Waals surface area contributed by atoms with E-state index in [-0.39, 0.29) is 17.1 Å². The van der Waals surface area contributed by atoms with Crippen LogP contribution in [0.2, 0.25) is 0 Å². The fraction of sp³-hybridized carbons (Fsp3) is 0.391. The Kier molecular flexibility index (Phi) is 6.14. The maximum Gasteiger partial charge on any atom is 0.240 e. The van der Waals surface area contributed by atoms with Crippen LogP contribution in [0.5, 0.6) is 0 Å². The van der Waals surface area contributed by atoms with Crippen molar-refractivity contribution in [3.63, 3.8) is 0 Å². The van der Waals surface area contributed by atoms with Crippen molar-refractivity contribution >= 4 is 21.0 Å². The Hall–Kier alpha value is -2.81. The highest BCUT2D eigenvalue weighted by Crippen LogP contribution is 2.24. The van der Waals surface area contributed by atoms with Crippen molar-refractivity contribution in [3.8, 4) is 6.07 Å². The van der Waals surface area contributed by atoms with Gasteiger partial charge >= 0.3 is 0 Å². The molecule has 2 unspecified atom stereocenters. The lowest BCUT2D eigenvalue weighted by atomic mass is 10.1. The number of rotatable bonds is 7. The van der Waals surface area contributed by atoms with E-state index >= 15 is 0 Å². The molecule has 0 aliphatic carbocycles. The van der Waals surface area contributed by atoms with Gasteiger partial charge < -0.3 is 9.26 Å². The summed E-state index contributed by atoms with van der Waals surface area (Å²) in [5.74, 6) is 0. The molecule has 2 fully saturated rings. The highest BCUT2D eigenvalue weighted by atomic mass is 32.2. The summed E-state index contributed by atoms with van der Waals surface area (Å²) in [6.07, 6.45) is 0.150. The van der Waals surface area contributed by atoms with Gasteiger partial charge in [0.15, 0.2) is 5.58 Å². The topological polar surface area (TPSA) is 112 Å². The Bertz CT molecular complexity index is 1250. The van der Waals surface area contributed by atoms with Crippen LogP contribution in [0.25, 0.3) is 11.0 Å². The molecule has 0 spiro atoms. The molecule has 5 rings (SSSR count). The van der Waals surface area contributed by atoms with Crippen molar-refractivity contribution in [2.45, 2.75) is 23.6 Å². The Morgan fingerprint density at radius 1 is 1.03 bits per heavy atom. The largest absolute Gasteiger partial charge is 0.370 e. The number of nitriles is 1. The molecule has 0 amide bonds. The molecule has 2 atom stereocenters. The summed E-state index contributed by atoms with van der Waals surface area (Å²) in [4.78, 5) is 4.77. The van der Waals surface area contributed by atoms with Crippen LogP contribution in [0, 0.1) is 11.3 Å². The van der Waals surface area contributed by atoms with Gasteiger partial charge in [0, 0.05) is 51.2 Å². The zero-order chi connectivity index (χ0) is 22.8. The standard InChI is InChI=1S/C23H25N5O4S/c24-11-17-5-7-20(8-6-17)33(29,30)25-9-10-27-12-18-14-28(15-19(13-27)31-18)16-22-21-3-1-2-4-23(21)32-26-22/h1-8,18-19,25H,9-10,12-16H2. The van der Waals surface area contributed by atoms with Crippen molar-refractivity contribution in [1.29, 1.82) is 5.26 Å². The SMILES string of the molecule is N#Cc1ccc(S(=O)(=O)NCCN2CC3CN(Cc4noc5ccccc45)CC(C2)O3)cc1. The molecule has 2 saturated heterocycles. The molecular formula is C23H25N5O4S. The zero-order valence-electron chi connectivity index (χ0n) is 18.1. The molecule has 3 heterocycles. The lowest BCUT2D eigenvalue weighted by Gasteiger charge is -2.45. The van der Waals surface area contributed by atoms with Crippen molar-refractivity contribution < 1.29 is 17.7 Å². The number of morpholine rings is 2. The smallest absolute Gasteiger partial charge is 0.240 e. The number of fused-ring (bicyclic) bond motifs is 3. The quantitative estimate of drug-likeness (QED) is 0.557. The summed E-state index contributed by atoms with van der Waals surface area (Å²) in [5.41, 5.74) is 2.18. The van der Waals surface area contributed by atoms with Crippen molar-refractivity contribution in [2.24, 2.45) is 0 Å². The molecule has 1 N–H and O–H groups in total. The number of nitrogens with zero attached hydrogens (tertiary/aromatic N) is 4. The van der Waals surface area contributed by atoms with E-state index in [4.69, 9.17) is 14.5 Å². The van der Waals surface area contributed by atoms with Gasteiger partial charge in [0.05, 0.1) is 28.7 Å². The number of para-hydroxylation sites is 1. The van der Waals surface area contributed by atoms with Gasteiger partial charge in [-0.05, 0) is 36.4 Å². The highest BCUT2D eigenvalue weighted by molar-refractivity contribution is 7.89. The van der Waals surface area contributed by atoms with Gasteiger partial charge in [0.25, 0.3) is 0 Å². The molecule has 0 saturated carbocycles. The summed E-state index contributed by atoms with van der Waals surface area (Å²) in [7, 11) is -3.60. The van der Waals surface area contributed by atoms with Gasteiger partial charge in [-0.2, -0.15) is 5.26 Å². The Morgan fingerprint density at radius 2 is 1.73 bits per heavy atom. The van der Waals surface area contributed by atoms with Gasteiger partial charge in [-0.1, -0.05) is 17.3 Å². The minimum absolute atomic E-state index is 0.0748.